The first kappa shape index (κ1) is 15.0. The third-order valence-electron chi connectivity index (χ3n) is 5.00. The Morgan fingerprint density at radius 3 is 2.71 bits per heavy atom. The third kappa shape index (κ3) is 2.76. The van der Waals surface area contributed by atoms with E-state index in [1.165, 1.54) is 12.0 Å². The zero-order valence-corrected chi connectivity index (χ0v) is 14.2. The van der Waals surface area contributed by atoms with Crippen LogP contribution in [0.5, 0.6) is 0 Å². The van der Waals surface area contributed by atoms with E-state index in [0.29, 0.717) is 23.3 Å². The first-order valence-electron chi connectivity index (χ1n) is 7.99. The van der Waals surface area contributed by atoms with Gasteiger partial charge in [0, 0.05) is 6.04 Å². The van der Waals surface area contributed by atoms with Crippen LogP contribution in [0.25, 0.3) is 0 Å². The number of hydrogen-bond acceptors (Lipinski definition) is 3. The van der Waals surface area contributed by atoms with Crippen molar-refractivity contribution < 1.29 is 4.79 Å². The largest absolute Gasteiger partial charge is 0.319 e. The van der Waals surface area contributed by atoms with Gasteiger partial charge in [-0.1, -0.05) is 27.7 Å². The molecule has 2 heterocycles. The molecule has 1 aromatic heterocycles. The van der Waals surface area contributed by atoms with Gasteiger partial charge in [0.15, 0.2) is 0 Å². The lowest BCUT2D eigenvalue weighted by Crippen LogP contribution is -2.40. The SMILES string of the molecule is CC(C)C1NC(c2ccsc2)N(C2CCC(C)(C)C2)C1=O. The van der Waals surface area contributed by atoms with Crippen LogP contribution in [0, 0.1) is 11.3 Å². The Bertz CT molecular complexity index is 509. The summed E-state index contributed by atoms with van der Waals surface area (Å²) in [5, 5.41) is 7.85. The second-order valence-electron chi connectivity index (χ2n) is 7.65. The number of carbonyl (C=O) groups excluding carboxylic acids is 1. The van der Waals surface area contributed by atoms with Crippen molar-refractivity contribution in [2.75, 3.05) is 0 Å². The molecule has 116 valence electrons. The van der Waals surface area contributed by atoms with E-state index in [1.807, 2.05) is 0 Å². The molecule has 3 rings (SSSR count). The van der Waals surface area contributed by atoms with Crippen LogP contribution in [0.1, 0.15) is 58.7 Å². The molecule has 2 aliphatic rings. The summed E-state index contributed by atoms with van der Waals surface area (Å²) < 4.78 is 0. The molecule has 4 heteroatoms. The Morgan fingerprint density at radius 2 is 2.19 bits per heavy atom. The van der Waals surface area contributed by atoms with E-state index in [4.69, 9.17) is 0 Å². The van der Waals surface area contributed by atoms with Crippen molar-refractivity contribution in [3.8, 4) is 0 Å². The summed E-state index contributed by atoms with van der Waals surface area (Å²) in [7, 11) is 0. The maximum absolute atomic E-state index is 12.9. The number of nitrogens with zero attached hydrogens (tertiary/aromatic N) is 1. The van der Waals surface area contributed by atoms with Crippen LogP contribution < -0.4 is 5.32 Å². The molecule has 2 fully saturated rings. The lowest BCUT2D eigenvalue weighted by atomic mass is 9.91. The second kappa shape index (κ2) is 5.40. The predicted octanol–water partition coefficient (Wildman–Crippen LogP) is 3.78. The van der Waals surface area contributed by atoms with Gasteiger partial charge in [-0.25, -0.2) is 0 Å². The van der Waals surface area contributed by atoms with Gasteiger partial charge in [-0.2, -0.15) is 11.3 Å². The van der Waals surface area contributed by atoms with Gasteiger partial charge < -0.3 is 4.90 Å². The van der Waals surface area contributed by atoms with Crippen molar-refractivity contribution in [2.24, 2.45) is 11.3 Å². The zero-order chi connectivity index (χ0) is 15.2. The van der Waals surface area contributed by atoms with E-state index >= 15 is 0 Å². The highest BCUT2D eigenvalue weighted by Gasteiger charge is 2.47. The Morgan fingerprint density at radius 1 is 1.43 bits per heavy atom. The minimum Gasteiger partial charge on any atom is -0.319 e. The average molecular weight is 306 g/mol. The van der Waals surface area contributed by atoms with E-state index in [2.05, 4.69) is 54.7 Å². The summed E-state index contributed by atoms with van der Waals surface area (Å²) in [6.45, 7) is 8.89. The summed E-state index contributed by atoms with van der Waals surface area (Å²) in [5.41, 5.74) is 1.60. The molecular weight excluding hydrogens is 280 g/mol. The lowest BCUT2D eigenvalue weighted by Gasteiger charge is -2.31. The van der Waals surface area contributed by atoms with Gasteiger partial charge in [0.2, 0.25) is 5.91 Å². The van der Waals surface area contributed by atoms with Crippen LogP contribution in [-0.4, -0.2) is 22.9 Å². The maximum atomic E-state index is 12.9. The standard InChI is InChI=1S/C17H26N2OS/c1-11(2)14-16(20)19(13-5-7-17(3,4)9-13)15(18-14)12-6-8-21-10-12/h6,8,10-11,13-15,18H,5,7,9H2,1-4H3. The average Bonchev–Trinajstić information content (AvgIpc) is 3.07. The molecule has 1 saturated carbocycles. The topological polar surface area (TPSA) is 32.3 Å². The summed E-state index contributed by atoms with van der Waals surface area (Å²) in [4.78, 5) is 15.1. The fraction of sp³-hybridized carbons (Fsp3) is 0.706. The first-order chi connectivity index (χ1) is 9.89. The van der Waals surface area contributed by atoms with Gasteiger partial charge in [-0.05, 0) is 53.0 Å². The smallest absolute Gasteiger partial charge is 0.241 e. The second-order valence-corrected chi connectivity index (χ2v) is 8.43. The molecule has 21 heavy (non-hydrogen) atoms. The monoisotopic (exact) mass is 306 g/mol. The Balaban J connectivity index is 1.89. The van der Waals surface area contributed by atoms with Crippen molar-refractivity contribution in [1.82, 2.24) is 10.2 Å². The highest BCUT2D eigenvalue weighted by Crippen LogP contribution is 2.43. The minimum absolute atomic E-state index is 0.0430. The van der Waals surface area contributed by atoms with Gasteiger partial charge in [0.05, 0.1) is 6.04 Å². The van der Waals surface area contributed by atoms with Gasteiger partial charge >= 0.3 is 0 Å². The quantitative estimate of drug-likeness (QED) is 0.921. The van der Waals surface area contributed by atoms with E-state index in [0.717, 1.165) is 12.8 Å². The third-order valence-corrected chi connectivity index (χ3v) is 5.70. The molecule has 1 aliphatic carbocycles. The number of hydrogen-bond donors (Lipinski definition) is 1. The number of carbonyl (C=O) groups is 1. The van der Waals surface area contributed by atoms with Gasteiger partial charge in [-0.3, -0.25) is 10.1 Å². The number of amides is 1. The molecule has 0 radical (unpaired) electrons. The predicted molar refractivity (Wildman–Crippen MR) is 87.1 cm³/mol. The Kier molecular flexibility index (Phi) is 3.87. The molecule has 1 aliphatic heterocycles. The van der Waals surface area contributed by atoms with Crippen molar-refractivity contribution in [2.45, 2.75) is 65.2 Å². The van der Waals surface area contributed by atoms with E-state index < -0.39 is 0 Å². The van der Waals surface area contributed by atoms with Gasteiger partial charge in [0.1, 0.15) is 6.17 Å². The minimum atomic E-state index is -0.0430. The summed E-state index contributed by atoms with van der Waals surface area (Å²) >= 11 is 1.70. The molecule has 1 aromatic rings. The van der Waals surface area contributed by atoms with E-state index in [1.54, 1.807) is 11.3 Å². The van der Waals surface area contributed by atoms with Crippen LogP contribution in [-0.2, 0) is 4.79 Å². The van der Waals surface area contributed by atoms with E-state index in [9.17, 15) is 4.79 Å². The van der Waals surface area contributed by atoms with Crippen molar-refractivity contribution >= 4 is 17.2 Å². The Hall–Kier alpha value is -0.870. The van der Waals surface area contributed by atoms with Crippen molar-refractivity contribution in [3.63, 3.8) is 0 Å². The Labute approximate surface area is 131 Å². The molecule has 1 saturated heterocycles. The number of nitrogens with one attached hydrogen (secondary N) is 1. The fourth-order valence-corrected chi connectivity index (χ4v) is 4.48. The molecule has 1 N–H and O–H groups in total. The van der Waals surface area contributed by atoms with Crippen molar-refractivity contribution in [1.29, 1.82) is 0 Å². The van der Waals surface area contributed by atoms with Crippen molar-refractivity contribution in [3.05, 3.63) is 22.4 Å². The zero-order valence-electron chi connectivity index (χ0n) is 13.4. The molecule has 1 amide bonds. The molecule has 3 atom stereocenters. The molecule has 0 bridgehead atoms. The van der Waals surface area contributed by atoms with Crippen LogP contribution >= 0.6 is 11.3 Å². The number of rotatable bonds is 3. The lowest BCUT2D eigenvalue weighted by molar-refractivity contribution is -0.133. The summed E-state index contributed by atoms with van der Waals surface area (Å²) in [6.07, 6.45) is 3.53. The van der Waals surface area contributed by atoms with Crippen LogP contribution in [0.3, 0.4) is 0 Å². The van der Waals surface area contributed by atoms with Gasteiger partial charge in [-0.15, -0.1) is 0 Å². The highest BCUT2D eigenvalue weighted by atomic mass is 32.1. The highest BCUT2D eigenvalue weighted by molar-refractivity contribution is 7.07. The van der Waals surface area contributed by atoms with Crippen LogP contribution in [0.4, 0.5) is 0 Å². The molecule has 3 unspecified atom stereocenters. The molecule has 3 nitrogen and oxygen atoms in total. The van der Waals surface area contributed by atoms with Crippen LogP contribution in [0.15, 0.2) is 16.8 Å². The number of thiophene rings is 1. The summed E-state index contributed by atoms with van der Waals surface area (Å²) in [5.74, 6) is 0.627. The maximum Gasteiger partial charge on any atom is 0.241 e. The summed E-state index contributed by atoms with van der Waals surface area (Å²) in [6, 6.07) is 2.48. The molecule has 0 spiro atoms. The van der Waals surface area contributed by atoms with Gasteiger partial charge in [0.25, 0.3) is 0 Å². The molecular formula is C17H26N2OS. The first-order valence-corrected chi connectivity index (χ1v) is 8.94. The fourth-order valence-electron chi connectivity index (χ4n) is 3.80. The van der Waals surface area contributed by atoms with Crippen LogP contribution in [0.2, 0.25) is 0 Å². The van der Waals surface area contributed by atoms with E-state index in [-0.39, 0.29) is 12.2 Å². The normalized spacial score (nSPS) is 32.3. The molecule has 0 aromatic carbocycles.